The summed E-state index contributed by atoms with van der Waals surface area (Å²) in [5, 5.41) is 12.3. The summed E-state index contributed by atoms with van der Waals surface area (Å²) < 4.78 is 2.56. The molecule has 1 aromatic carbocycles. The Morgan fingerprint density at radius 3 is 2.39 bits per heavy atom. The summed E-state index contributed by atoms with van der Waals surface area (Å²) in [7, 11) is 0. The zero-order chi connectivity index (χ0) is 23.4. The number of amides is 1. The largest absolute Gasteiger partial charge is 0.349 e. The van der Waals surface area contributed by atoms with Crippen LogP contribution in [0.3, 0.4) is 0 Å². The molecule has 4 rings (SSSR count). The minimum Gasteiger partial charge on any atom is -0.349 e. The maximum absolute atomic E-state index is 12.6. The zero-order valence-corrected chi connectivity index (χ0v) is 19.0. The standard InChI is InChI=1S/C23H22N6O3S/c1-15-22(33-16(2)25-15)18-8-10-20(30)28(26-18)13-12-24-23(32)19-9-11-21(31)29(27-19)14-17-6-4-3-5-7-17/h3-11H,12-14H2,1-2H3,(H,24,32). The minimum atomic E-state index is -0.435. The average Bonchev–Trinajstić information content (AvgIpc) is 3.15. The highest BCUT2D eigenvalue weighted by molar-refractivity contribution is 7.15. The summed E-state index contributed by atoms with van der Waals surface area (Å²) in [5.74, 6) is -0.435. The van der Waals surface area contributed by atoms with Crippen molar-refractivity contribution in [3.05, 3.63) is 97.3 Å². The highest BCUT2D eigenvalue weighted by atomic mass is 32.1. The second-order valence-corrected chi connectivity index (χ2v) is 8.59. The maximum Gasteiger partial charge on any atom is 0.271 e. The fraction of sp³-hybridized carbons (Fsp3) is 0.217. The molecule has 0 atom stereocenters. The van der Waals surface area contributed by atoms with Crippen LogP contribution >= 0.6 is 11.3 Å². The Balaban J connectivity index is 1.43. The Morgan fingerprint density at radius 2 is 1.67 bits per heavy atom. The van der Waals surface area contributed by atoms with Crippen LogP contribution in [0.25, 0.3) is 10.6 Å². The van der Waals surface area contributed by atoms with E-state index in [2.05, 4.69) is 20.5 Å². The third-order valence-corrected chi connectivity index (χ3v) is 5.98. The van der Waals surface area contributed by atoms with Crippen molar-refractivity contribution in [1.82, 2.24) is 29.9 Å². The van der Waals surface area contributed by atoms with Crippen LogP contribution in [0.4, 0.5) is 0 Å². The lowest BCUT2D eigenvalue weighted by Crippen LogP contribution is -2.34. The Bertz CT molecular complexity index is 1410. The van der Waals surface area contributed by atoms with Crippen LogP contribution < -0.4 is 16.4 Å². The highest BCUT2D eigenvalue weighted by Crippen LogP contribution is 2.27. The quantitative estimate of drug-likeness (QED) is 0.450. The summed E-state index contributed by atoms with van der Waals surface area (Å²) in [6, 6.07) is 15.2. The molecule has 168 valence electrons. The molecule has 0 saturated carbocycles. The lowest BCUT2D eigenvalue weighted by Gasteiger charge is -2.09. The summed E-state index contributed by atoms with van der Waals surface area (Å²) >= 11 is 1.52. The summed E-state index contributed by atoms with van der Waals surface area (Å²) in [4.78, 5) is 42.2. The molecule has 0 bridgehead atoms. The van der Waals surface area contributed by atoms with Crippen molar-refractivity contribution in [3.8, 4) is 10.6 Å². The smallest absolute Gasteiger partial charge is 0.271 e. The van der Waals surface area contributed by atoms with Gasteiger partial charge in [0.15, 0.2) is 0 Å². The van der Waals surface area contributed by atoms with E-state index in [0.29, 0.717) is 5.69 Å². The summed E-state index contributed by atoms with van der Waals surface area (Å²) in [6.45, 7) is 4.46. The molecule has 1 amide bonds. The van der Waals surface area contributed by atoms with Gasteiger partial charge in [-0.05, 0) is 31.5 Å². The highest BCUT2D eigenvalue weighted by Gasteiger charge is 2.12. The first-order chi connectivity index (χ1) is 15.9. The maximum atomic E-state index is 12.6. The van der Waals surface area contributed by atoms with E-state index in [1.54, 1.807) is 6.07 Å². The molecule has 10 heteroatoms. The molecular formula is C23H22N6O3S. The average molecular weight is 463 g/mol. The van der Waals surface area contributed by atoms with Gasteiger partial charge in [-0.1, -0.05) is 30.3 Å². The van der Waals surface area contributed by atoms with Crippen LogP contribution in [0, 0.1) is 13.8 Å². The second-order valence-electron chi connectivity index (χ2n) is 7.38. The van der Waals surface area contributed by atoms with Gasteiger partial charge in [-0.3, -0.25) is 14.4 Å². The summed E-state index contributed by atoms with van der Waals surface area (Å²) in [5.41, 5.74) is 1.99. The van der Waals surface area contributed by atoms with E-state index in [1.165, 1.54) is 38.9 Å². The molecule has 3 aromatic heterocycles. The number of nitrogens with zero attached hydrogens (tertiary/aromatic N) is 5. The number of carbonyl (C=O) groups is 1. The number of hydrogen-bond acceptors (Lipinski definition) is 7. The Labute approximate surface area is 193 Å². The van der Waals surface area contributed by atoms with Gasteiger partial charge in [0.05, 0.1) is 28.7 Å². The van der Waals surface area contributed by atoms with Crippen LogP contribution in [0.5, 0.6) is 0 Å². The van der Waals surface area contributed by atoms with Gasteiger partial charge < -0.3 is 5.32 Å². The topological polar surface area (TPSA) is 112 Å². The molecule has 9 nitrogen and oxygen atoms in total. The first-order valence-electron chi connectivity index (χ1n) is 10.3. The predicted octanol–water partition coefficient (Wildman–Crippen LogP) is 2.02. The minimum absolute atomic E-state index is 0.121. The molecule has 0 unspecified atom stereocenters. The van der Waals surface area contributed by atoms with Gasteiger partial charge in [0, 0.05) is 18.7 Å². The Hall–Kier alpha value is -3.92. The zero-order valence-electron chi connectivity index (χ0n) is 18.2. The van der Waals surface area contributed by atoms with Crippen molar-refractivity contribution in [1.29, 1.82) is 0 Å². The fourth-order valence-electron chi connectivity index (χ4n) is 3.30. The van der Waals surface area contributed by atoms with Gasteiger partial charge >= 0.3 is 0 Å². The molecule has 33 heavy (non-hydrogen) atoms. The first kappa shape index (κ1) is 22.3. The lowest BCUT2D eigenvalue weighted by molar-refractivity contribution is 0.0944. The van der Waals surface area contributed by atoms with E-state index in [1.807, 2.05) is 44.2 Å². The molecule has 4 aromatic rings. The number of nitrogens with one attached hydrogen (secondary N) is 1. The Morgan fingerprint density at radius 1 is 0.939 bits per heavy atom. The molecule has 0 aliphatic carbocycles. The van der Waals surface area contributed by atoms with Gasteiger partial charge in [-0.25, -0.2) is 14.3 Å². The molecule has 0 saturated heterocycles. The van der Waals surface area contributed by atoms with E-state index >= 15 is 0 Å². The number of aromatic nitrogens is 5. The normalized spacial score (nSPS) is 10.8. The molecule has 0 aliphatic rings. The van der Waals surface area contributed by atoms with Gasteiger partial charge in [-0.2, -0.15) is 10.2 Å². The van der Waals surface area contributed by atoms with Crippen molar-refractivity contribution in [2.24, 2.45) is 0 Å². The van der Waals surface area contributed by atoms with Gasteiger partial charge in [-0.15, -0.1) is 11.3 Å². The van der Waals surface area contributed by atoms with Crippen LogP contribution in [0.1, 0.15) is 26.8 Å². The van der Waals surface area contributed by atoms with Crippen molar-refractivity contribution >= 4 is 17.2 Å². The van der Waals surface area contributed by atoms with Gasteiger partial charge in [0.2, 0.25) is 0 Å². The molecular weight excluding hydrogens is 440 g/mol. The fourth-order valence-corrected chi connectivity index (χ4v) is 4.19. The number of thiazole rings is 1. The van der Waals surface area contributed by atoms with Crippen molar-refractivity contribution in [3.63, 3.8) is 0 Å². The molecule has 1 N–H and O–H groups in total. The first-order valence-corrected chi connectivity index (χ1v) is 11.2. The second kappa shape index (κ2) is 9.70. The number of benzene rings is 1. The van der Waals surface area contributed by atoms with Gasteiger partial charge in [0.25, 0.3) is 17.0 Å². The van der Waals surface area contributed by atoms with Gasteiger partial charge in [0.1, 0.15) is 11.4 Å². The van der Waals surface area contributed by atoms with Crippen molar-refractivity contribution in [2.45, 2.75) is 26.9 Å². The van der Waals surface area contributed by atoms with Crippen LogP contribution in [0.2, 0.25) is 0 Å². The van der Waals surface area contributed by atoms with Crippen molar-refractivity contribution in [2.75, 3.05) is 6.54 Å². The number of carbonyl (C=O) groups excluding carboxylic acids is 1. The molecule has 3 heterocycles. The summed E-state index contributed by atoms with van der Waals surface area (Å²) in [6.07, 6.45) is 0. The third kappa shape index (κ3) is 5.29. The van der Waals surface area contributed by atoms with Crippen LogP contribution in [-0.2, 0) is 13.1 Å². The molecule has 0 aliphatic heterocycles. The number of rotatable bonds is 7. The van der Waals surface area contributed by atoms with E-state index in [-0.39, 0.29) is 36.4 Å². The SMILES string of the molecule is Cc1nc(C)c(-c2ccc(=O)n(CCNC(=O)c3ccc(=O)n(Cc4ccccc4)n3)n2)s1. The van der Waals surface area contributed by atoms with E-state index in [4.69, 9.17) is 0 Å². The number of aryl methyl sites for hydroxylation is 2. The van der Waals surface area contributed by atoms with Crippen LogP contribution in [0.15, 0.2) is 64.2 Å². The third-order valence-electron chi connectivity index (χ3n) is 4.89. The molecule has 0 radical (unpaired) electrons. The monoisotopic (exact) mass is 462 g/mol. The van der Waals surface area contributed by atoms with Crippen LogP contribution in [-0.4, -0.2) is 37.0 Å². The molecule has 0 spiro atoms. The lowest BCUT2D eigenvalue weighted by atomic mass is 10.2. The Kier molecular flexibility index (Phi) is 6.55. The van der Waals surface area contributed by atoms with E-state index in [9.17, 15) is 14.4 Å². The number of hydrogen-bond donors (Lipinski definition) is 1. The van der Waals surface area contributed by atoms with Crippen molar-refractivity contribution < 1.29 is 4.79 Å². The predicted molar refractivity (Wildman–Crippen MR) is 125 cm³/mol. The molecule has 0 fully saturated rings. The van der Waals surface area contributed by atoms with E-state index in [0.717, 1.165) is 21.1 Å². The van der Waals surface area contributed by atoms with E-state index < -0.39 is 5.91 Å².